The van der Waals surface area contributed by atoms with E-state index >= 15 is 0 Å². The summed E-state index contributed by atoms with van der Waals surface area (Å²) in [5.74, 6) is 0.873. The molecule has 0 amide bonds. The van der Waals surface area contributed by atoms with E-state index in [1.807, 2.05) is 30.0 Å². The third-order valence-corrected chi connectivity index (χ3v) is 8.81. The molecule has 1 fully saturated rings. The number of nitro benzene ring substituents is 1. The van der Waals surface area contributed by atoms with E-state index in [2.05, 4.69) is 39.6 Å². The fourth-order valence-electron chi connectivity index (χ4n) is 4.80. The quantitative estimate of drug-likeness (QED) is 0.185. The van der Waals surface area contributed by atoms with Crippen molar-refractivity contribution in [2.75, 3.05) is 63.2 Å². The van der Waals surface area contributed by atoms with Gasteiger partial charge in [-0.1, -0.05) is 23.2 Å². The minimum Gasteiger partial charge on any atom is -0.494 e. The minimum atomic E-state index is -2.60. The van der Waals surface area contributed by atoms with Crippen molar-refractivity contribution in [2.24, 2.45) is 0 Å². The summed E-state index contributed by atoms with van der Waals surface area (Å²) < 4.78 is 18.5. The summed E-state index contributed by atoms with van der Waals surface area (Å²) in [6.07, 6.45) is 3.25. The lowest BCUT2D eigenvalue weighted by Gasteiger charge is -2.36. The molecule has 4 rings (SSSR count). The smallest absolute Gasteiger partial charge is 0.294 e. The van der Waals surface area contributed by atoms with Gasteiger partial charge in [-0.25, -0.2) is 4.98 Å². The number of methoxy groups -OCH3 is 1. The van der Waals surface area contributed by atoms with Gasteiger partial charge in [-0.3, -0.25) is 10.1 Å². The first-order valence-corrected chi connectivity index (χ1v) is 15.9. The van der Waals surface area contributed by atoms with E-state index in [4.69, 9.17) is 16.3 Å². The summed E-state index contributed by atoms with van der Waals surface area (Å²) in [4.78, 5) is 24.7. The van der Waals surface area contributed by atoms with Crippen molar-refractivity contribution in [2.45, 2.75) is 25.8 Å². The van der Waals surface area contributed by atoms with Gasteiger partial charge in [0.1, 0.15) is 23.6 Å². The van der Waals surface area contributed by atoms with E-state index < -0.39 is 7.14 Å². The van der Waals surface area contributed by atoms with Crippen LogP contribution in [0.2, 0.25) is 5.02 Å². The van der Waals surface area contributed by atoms with E-state index in [0.717, 1.165) is 18.4 Å². The highest BCUT2D eigenvalue weighted by molar-refractivity contribution is 7.70. The van der Waals surface area contributed by atoms with Gasteiger partial charge in [-0.05, 0) is 59.3 Å². The van der Waals surface area contributed by atoms with Crippen LogP contribution >= 0.6 is 18.7 Å². The summed E-state index contributed by atoms with van der Waals surface area (Å²) in [7, 11) is 3.01. The summed E-state index contributed by atoms with van der Waals surface area (Å²) in [6.45, 7) is 6.76. The van der Waals surface area contributed by atoms with E-state index in [9.17, 15) is 14.7 Å². The molecule has 0 unspecified atom stereocenters. The Kier molecular flexibility index (Phi) is 8.87. The van der Waals surface area contributed by atoms with Crippen LogP contribution in [0, 0.1) is 17.0 Å². The van der Waals surface area contributed by atoms with E-state index in [1.54, 1.807) is 19.4 Å². The predicted octanol–water partition coefficient (Wildman–Crippen LogP) is 5.62. The molecule has 0 radical (unpaired) electrons. The standard InChI is InChI=1S/C27H35ClN7O4P/c1-17-7-8-20(25(13-17)40(5,6)38)30-26-19(28)16-29-27(32-26)31-21-14-23(35(36)37)22(15-24(21)39-4)34-11-9-18(10-12-34)33(2)3/h7-8,13-16,18H,9-12H2,1-6H3,(H2,29,30,31,32). The zero-order valence-corrected chi connectivity index (χ0v) is 25.2. The Bertz CT molecular complexity index is 1460. The van der Waals surface area contributed by atoms with E-state index in [-0.39, 0.29) is 21.6 Å². The fraction of sp³-hybridized carbons (Fsp3) is 0.407. The Labute approximate surface area is 239 Å². The number of ether oxygens (including phenoxy) is 1. The molecular weight excluding hydrogens is 553 g/mol. The topological polar surface area (TPSA) is 126 Å². The van der Waals surface area contributed by atoms with Gasteiger partial charge < -0.3 is 29.7 Å². The number of benzene rings is 2. The van der Waals surface area contributed by atoms with Crippen molar-refractivity contribution >= 4 is 58.6 Å². The monoisotopic (exact) mass is 587 g/mol. The second-order valence-corrected chi connectivity index (χ2v) is 14.1. The molecule has 0 atom stereocenters. The van der Waals surface area contributed by atoms with Crippen molar-refractivity contribution in [3.63, 3.8) is 0 Å². The van der Waals surface area contributed by atoms with Crippen LogP contribution in [0.1, 0.15) is 18.4 Å². The first-order valence-electron chi connectivity index (χ1n) is 12.9. The number of nitrogens with zero attached hydrogens (tertiary/aromatic N) is 5. The van der Waals surface area contributed by atoms with Crippen molar-refractivity contribution < 1.29 is 14.2 Å². The Morgan fingerprint density at radius 2 is 1.85 bits per heavy atom. The van der Waals surface area contributed by atoms with Gasteiger partial charge in [0.05, 0.1) is 29.6 Å². The van der Waals surface area contributed by atoms with Gasteiger partial charge in [0, 0.05) is 36.6 Å². The van der Waals surface area contributed by atoms with E-state index in [1.165, 1.54) is 19.4 Å². The first-order chi connectivity index (χ1) is 18.9. The molecule has 2 N–H and O–H groups in total. The number of piperidine rings is 1. The average molecular weight is 588 g/mol. The first kappa shape index (κ1) is 29.6. The Morgan fingerprint density at radius 1 is 1.15 bits per heavy atom. The van der Waals surface area contributed by atoms with Crippen LogP contribution in [-0.2, 0) is 4.57 Å². The number of aryl methyl sites for hydroxylation is 1. The number of anilines is 5. The molecule has 0 spiro atoms. The molecule has 214 valence electrons. The molecule has 2 heterocycles. The van der Waals surface area contributed by atoms with Gasteiger partial charge in [0.25, 0.3) is 5.69 Å². The fourth-order valence-corrected chi connectivity index (χ4v) is 6.17. The Hall–Kier alpha value is -3.40. The maximum Gasteiger partial charge on any atom is 0.294 e. The molecule has 3 aromatic rings. The largest absolute Gasteiger partial charge is 0.494 e. The number of nitrogens with one attached hydrogen (secondary N) is 2. The number of aromatic nitrogens is 2. The van der Waals surface area contributed by atoms with Gasteiger partial charge in [0.2, 0.25) is 5.95 Å². The van der Waals surface area contributed by atoms with Crippen LogP contribution in [0.15, 0.2) is 36.5 Å². The molecule has 1 aromatic heterocycles. The highest BCUT2D eigenvalue weighted by Crippen LogP contribution is 2.41. The predicted molar refractivity (Wildman–Crippen MR) is 162 cm³/mol. The molecule has 1 aliphatic heterocycles. The van der Waals surface area contributed by atoms with Crippen LogP contribution < -0.4 is 25.6 Å². The molecular formula is C27H35ClN7O4P. The Morgan fingerprint density at radius 3 is 2.45 bits per heavy atom. The van der Waals surface area contributed by atoms with Crippen molar-refractivity contribution in [1.29, 1.82) is 0 Å². The maximum atomic E-state index is 12.9. The van der Waals surface area contributed by atoms with Crippen LogP contribution in [0.4, 0.5) is 34.5 Å². The SMILES string of the molecule is COc1cc(N2CCC(N(C)C)CC2)c([N+](=O)[O-])cc1Nc1ncc(Cl)c(Nc2ccc(C)cc2P(C)(C)=O)n1. The summed E-state index contributed by atoms with van der Waals surface area (Å²) in [6, 6.07) is 9.20. The summed E-state index contributed by atoms with van der Waals surface area (Å²) in [5, 5.41) is 19.3. The van der Waals surface area contributed by atoms with Crippen LogP contribution in [0.5, 0.6) is 5.75 Å². The summed E-state index contributed by atoms with van der Waals surface area (Å²) in [5.41, 5.74) is 2.43. The van der Waals surface area contributed by atoms with Crippen LogP contribution in [-0.4, -0.2) is 73.5 Å². The average Bonchev–Trinajstić information content (AvgIpc) is 2.90. The maximum absolute atomic E-state index is 12.9. The lowest BCUT2D eigenvalue weighted by atomic mass is 10.0. The number of halogens is 1. The lowest BCUT2D eigenvalue weighted by molar-refractivity contribution is -0.384. The van der Waals surface area contributed by atoms with Crippen molar-refractivity contribution in [1.82, 2.24) is 14.9 Å². The second-order valence-electron chi connectivity index (χ2n) is 10.5. The highest BCUT2D eigenvalue weighted by atomic mass is 35.5. The molecule has 1 aliphatic rings. The lowest BCUT2D eigenvalue weighted by Crippen LogP contribution is -2.42. The molecule has 0 aliphatic carbocycles. The number of rotatable bonds is 9. The van der Waals surface area contributed by atoms with Crippen molar-refractivity contribution in [3.05, 3.63) is 57.2 Å². The second kappa shape index (κ2) is 12.0. The third kappa shape index (κ3) is 6.66. The van der Waals surface area contributed by atoms with Crippen molar-refractivity contribution in [3.8, 4) is 5.75 Å². The molecule has 13 heteroatoms. The van der Waals surface area contributed by atoms with Gasteiger partial charge in [0.15, 0.2) is 5.82 Å². The molecule has 40 heavy (non-hydrogen) atoms. The van der Waals surface area contributed by atoms with Gasteiger partial charge >= 0.3 is 0 Å². The molecule has 0 saturated carbocycles. The van der Waals surface area contributed by atoms with Gasteiger partial charge in [-0.2, -0.15) is 4.98 Å². The third-order valence-electron chi connectivity index (χ3n) is 7.01. The Balaban J connectivity index is 1.65. The zero-order chi connectivity index (χ0) is 29.2. The van der Waals surface area contributed by atoms with Crippen LogP contribution in [0.25, 0.3) is 0 Å². The van der Waals surface area contributed by atoms with E-state index in [0.29, 0.717) is 53.1 Å². The number of hydrogen-bond acceptors (Lipinski definition) is 10. The number of nitro groups is 1. The number of hydrogen-bond donors (Lipinski definition) is 2. The minimum absolute atomic E-state index is 0.0372. The molecule has 0 bridgehead atoms. The summed E-state index contributed by atoms with van der Waals surface area (Å²) >= 11 is 6.40. The molecule has 2 aromatic carbocycles. The molecule has 11 nitrogen and oxygen atoms in total. The van der Waals surface area contributed by atoms with Crippen LogP contribution in [0.3, 0.4) is 0 Å². The highest BCUT2D eigenvalue weighted by Gasteiger charge is 2.28. The van der Waals surface area contributed by atoms with Gasteiger partial charge in [-0.15, -0.1) is 0 Å². The normalized spacial score (nSPS) is 14.3. The molecule has 1 saturated heterocycles. The zero-order valence-electron chi connectivity index (χ0n) is 23.6.